The van der Waals surface area contributed by atoms with Gasteiger partial charge in [0.15, 0.2) is 0 Å². The Morgan fingerprint density at radius 2 is 2.44 bits per heavy atom. The van der Waals surface area contributed by atoms with Gasteiger partial charge in [-0.3, -0.25) is 0 Å². The summed E-state index contributed by atoms with van der Waals surface area (Å²) >= 11 is 1.72. The van der Waals surface area contributed by atoms with E-state index in [2.05, 4.69) is 6.92 Å². The summed E-state index contributed by atoms with van der Waals surface area (Å²) in [5.41, 5.74) is 0. The minimum Gasteiger partial charge on any atom is -0.493 e. The van der Waals surface area contributed by atoms with Gasteiger partial charge in [-0.1, -0.05) is 0 Å². The smallest absolute Gasteiger partial charge is 0.130 e. The minimum atomic E-state index is 0.760. The van der Waals surface area contributed by atoms with Crippen LogP contribution in [0.3, 0.4) is 0 Å². The molecule has 0 unspecified atom stereocenters. The SMILES string of the molecule is CCOc1csc(C)c1. The van der Waals surface area contributed by atoms with E-state index >= 15 is 0 Å². The largest absolute Gasteiger partial charge is 0.493 e. The summed E-state index contributed by atoms with van der Waals surface area (Å²) in [5, 5.41) is 2.03. The van der Waals surface area contributed by atoms with E-state index in [0.717, 1.165) is 12.4 Å². The van der Waals surface area contributed by atoms with Gasteiger partial charge >= 0.3 is 0 Å². The van der Waals surface area contributed by atoms with Crippen molar-refractivity contribution < 1.29 is 4.74 Å². The Morgan fingerprint density at radius 1 is 1.67 bits per heavy atom. The Balaban J connectivity index is 2.61. The third-order valence-corrected chi connectivity index (χ3v) is 1.86. The first kappa shape index (κ1) is 6.62. The summed E-state index contributed by atoms with van der Waals surface area (Å²) in [4.78, 5) is 1.30. The van der Waals surface area contributed by atoms with Gasteiger partial charge in [0, 0.05) is 10.3 Å². The van der Waals surface area contributed by atoms with Crippen molar-refractivity contribution in [2.45, 2.75) is 13.8 Å². The fourth-order valence-corrected chi connectivity index (χ4v) is 1.28. The molecule has 50 valence electrons. The van der Waals surface area contributed by atoms with E-state index in [1.165, 1.54) is 4.88 Å². The quantitative estimate of drug-likeness (QED) is 0.616. The number of hydrogen-bond acceptors (Lipinski definition) is 2. The molecule has 0 N–H and O–H groups in total. The molecule has 0 aliphatic rings. The van der Waals surface area contributed by atoms with Crippen LogP contribution in [0, 0.1) is 6.92 Å². The molecule has 0 spiro atoms. The number of thiophene rings is 1. The first-order valence-electron chi connectivity index (χ1n) is 3.01. The zero-order chi connectivity index (χ0) is 6.69. The second-order valence-corrected chi connectivity index (χ2v) is 2.94. The third-order valence-electron chi connectivity index (χ3n) is 1.02. The van der Waals surface area contributed by atoms with Crippen molar-refractivity contribution in [1.29, 1.82) is 0 Å². The lowest BCUT2D eigenvalue weighted by atomic mass is 10.5. The number of hydrogen-bond donors (Lipinski definition) is 0. The lowest BCUT2D eigenvalue weighted by molar-refractivity contribution is 0.341. The fraction of sp³-hybridized carbons (Fsp3) is 0.429. The average molecular weight is 142 g/mol. The van der Waals surface area contributed by atoms with Crippen molar-refractivity contribution in [3.63, 3.8) is 0 Å². The Hall–Kier alpha value is -0.500. The molecule has 0 bridgehead atoms. The summed E-state index contributed by atoms with van der Waals surface area (Å²) in [5.74, 6) is 1.00. The van der Waals surface area contributed by atoms with E-state index in [1.54, 1.807) is 11.3 Å². The van der Waals surface area contributed by atoms with Crippen LogP contribution in [0.2, 0.25) is 0 Å². The van der Waals surface area contributed by atoms with E-state index in [1.807, 2.05) is 18.4 Å². The summed E-state index contributed by atoms with van der Waals surface area (Å²) in [7, 11) is 0. The number of ether oxygens (including phenoxy) is 1. The van der Waals surface area contributed by atoms with E-state index in [9.17, 15) is 0 Å². The molecule has 0 radical (unpaired) electrons. The van der Waals surface area contributed by atoms with Crippen LogP contribution in [0.15, 0.2) is 11.4 Å². The van der Waals surface area contributed by atoms with Crippen LogP contribution in [0.25, 0.3) is 0 Å². The van der Waals surface area contributed by atoms with Gasteiger partial charge in [-0.15, -0.1) is 11.3 Å². The van der Waals surface area contributed by atoms with Gasteiger partial charge in [-0.25, -0.2) is 0 Å². The Bertz CT molecular complexity index is 181. The first-order valence-corrected chi connectivity index (χ1v) is 3.89. The monoisotopic (exact) mass is 142 g/mol. The molecule has 0 amide bonds. The molecule has 0 aliphatic carbocycles. The Labute approximate surface area is 59.3 Å². The molecule has 0 saturated carbocycles. The fourth-order valence-electron chi connectivity index (χ4n) is 0.662. The molecule has 1 nitrogen and oxygen atoms in total. The highest BCUT2D eigenvalue weighted by atomic mass is 32.1. The van der Waals surface area contributed by atoms with E-state index < -0.39 is 0 Å². The van der Waals surface area contributed by atoms with E-state index in [-0.39, 0.29) is 0 Å². The number of aryl methyl sites for hydroxylation is 1. The predicted molar refractivity (Wildman–Crippen MR) is 40.2 cm³/mol. The van der Waals surface area contributed by atoms with Crippen LogP contribution < -0.4 is 4.74 Å². The van der Waals surface area contributed by atoms with Crippen molar-refractivity contribution in [2.75, 3.05) is 6.61 Å². The molecule has 0 fully saturated rings. The molecule has 1 rings (SSSR count). The molecule has 0 saturated heterocycles. The van der Waals surface area contributed by atoms with Crippen molar-refractivity contribution >= 4 is 11.3 Å². The molecule has 0 aliphatic heterocycles. The molecule has 1 aromatic heterocycles. The van der Waals surface area contributed by atoms with Gasteiger partial charge in [-0.2, -0.15) is 0 Å². The van der Waals surface area contributed by atoms with Crippen molar-refractivity contribution in [1.82, 2.24) is 0 Å². The summed E-state index contributed by atoms with van der Waals surface area (Å²) in [6.07, 6.45) is 0. The molecule has 9 heavy (non-hydrogen) atoms. The highest BCUT2D eigenvalue weighted by Crippen LogP contribution is 2.19. The van der Waals surface area contributed by atoms with Crippen molar-refractivity contribution in [3.05, 3.63) is 16.3 Å². The zero-order valence-electron chi connectivity index (χ0n) is 5.68. The summed E-state index contributed by atoms with van der Waals surface area (Å²) in [6.45, 7) is 4.83. The molecule has 1 heterocycles. The normalized spacial score (nSPS) is 9.56. The van der Waals surface area contributed by atoms with Crippen LogP contribution in [-0.4, -0.2) is 6.61 Å². The zero-order valence-corrected chi connectivity index (χ0v) is 6.49. The van der Waals surface area contributed by atoms with Crippen molar-refractivity contribution in [2.24, 2.45) is 0 Å². The Morgan fingerprint density at radius 3 is 2.89 bits per heavy atom. The van der Waals surface area contributed by atoms with Gasteiger partial charge in [0.05, 0.1) is 6.61 Å². The first-order chi connectivity index (χ1) is 4.33. The second kappa shape index (κ2) is 2.87. The molecule has 2 heteroatoms. The predicted octanol–water partition coefficient (Wildman–Crippen LogP) is 2.46. The summed E-state index contributed by atoms with van der Waals surface area (Å²) < 4.78 is 5.24. The third kappa shape index (κ3) is 1.72. The van der Waals surface area contributed by atoms with Gasteiger partial charge < -0.3 is 4.74 Å². The maximum Gasteiger partial charge on any atom is 0.130 e. The molecule has 1 aromatic rings. The molecule has 0 aromatic carbocycles. The van der Waals surface area contributed by atoms with Crippen molar-refractivity contribution in [3.8, 4) is 5.75 Å². The maximum atomic E-state index is 5.24. The van der Waals surface area contributed by atoms with E-state index in [0.29, 0.717) is 0 Å². The second-order valence-electron chi connectivity index (χ2n) is 1.83. The highest BCUT2D eigenvalue weighted by molar-refractivity contribution is 7.10. The maximum absolute atomic E-state index is 5.24. The van der Waals surface area contributed by atoms with Gasteiger partial charge in [0.2, 0.25) is 0 Å². The van der Waals surface area contributed by atoms with Gasteiger partial charge in [0.25, 0.3) is 0 Å². The minimum absolute atomic E-state index is 0.760. The van der Waals surface area contributed by atoms with Crippen LogP contribution >= 0.6 is 11.3 Å². The average Bonchev–Trinajstić information content (AvgIpc) is 2.17. The lowest BCUT2D eigenvalue weighted by Gasteiger charge is -1.94. The topological polar surface area (TPSA) is 9.23 Å². The Kier molecular flexibility index (Phi) is 2.11. The van der Waals surface area contributed by atoms with Gasteiger partial charge in [0.1, 0.15) is 5.75 Å². The standard InChI is InChI=1S/C7H10OS/c1-3-8-7-4-6(2)9-5-7/h4-5H,3H2,1-2H3. The van der Waals surface area contributed by atoms with Crippen LogP contribution in [0.1, 0.15) is 11.8 Å². The van der Waals surface area contributed by atoms with Gasteiger partial charge in [-0.05, 0) is 19.9 Å². The molecular weight excluding hydrogens is 132 g/mol. The molecular formula is C7H10OS. The number of rotatable bonds is 2. The van der Waals surface area contributed by atoms with Crippen LogP contribution in [-0.2, 0) is 0 Å². The summed E-state index contributed by atoms with van der Waals surface area (Å²) in [6, 6.07) is 2.05. The van der Waals surface area contributed by atoms with Crippen LogP contribution in [0.5, 0.6) is 5.75 Å². The molecule has 0 atom stereocenters. The highest BCUT2D eigenvalue weighted by Gasteiger charge is 1.92. The van der Waals surface area contributed by atoms with E-state index in [4.69, 9.17) is 4.74 Å². The lowest BCUT2D eigenvalue weighted by Crippen LogP contribution is -1.87. The van der Waals surface area contributed by atoms with Crippen LogP contribution in [0.4, 0.5) is 0 Å².